The van der Waals surface area contributed by atoms with E-state index in [0.29, 0.717) is 38.0 Å². The van der Waals surface area contributed by atoms with Crippen LogP contribution in [-0.4, -0.2) is 59.6 Å². The quantitative estimate of drug-likeness (QED) is 0.353. The third kappa shape index (κ3) is 6.07. The molecule has 6 nitrogen and oxygen atoms in total. The van der Waals surface area contributed by atoms with Crippen molar-refractivity contribution in [2.45, 2.75) is 57.8 Å². The molecule has 0 radical (unpaired) electrons. The summed E-state index contributed by atoms with van der Waals surface area (Å²) in [7, 11) is 0. The smallest absolute Gasteiger partial charge is 0.409 e. The van der Waals surface area contributed by atoms with Gasteiger partial charge in [0.2, 0.25) is 5.91 Å². The first-order valence-corrected chi connectivity index (χ1v) is 15.6. The summed E-state index contributed by atoms with van der Waals surface area (Å²) < 4.78 is 7.18. The molecule has 2 saturated heterocycles. The van der Waals surface area contributed by atoms with Gasteiger partial charge in [-0.25, -0.2) is 4.79 Å². The molecule has 2 amide bonds. The first kappa shape index (κ1) is 27.9. The molecule has 0 bridgehead atoms. The number of hydrogen-bond acceptors (Lipinski definition) is 4. The lowest BCUT2D eigenvalue weighted by molar-refractivity contribution is -0.134. The minimum absolute atomic E-state index is 0.173. The first-order valence-electron chi connectivity index (χ1n) is 13.7. The fourth-order valence-corrected chi connectivity index (χ4v) is 7.92. The molecule has 2 aromatic rings. The number of ether oxygens (including phenoxy) is 1. The fraction of sp³-hybridized carbons (Fsp3) is 0.552. The molecular formula is C29H34Br2ClN3O3. The number of amides is 2. The largest absolute Gasteiger partial charge is 0.450 e. The summed E-state index contributed by atoms with van der Waals surface area (Å²) in [5.41, 5.74) is 5.04. The van der Waals surface area contributed by atoms with E-state index < -0.39 is 0 Å². The highest BCUT2D eigenvalue weighted by molar-refractivity contribution is 9.10. The minimum atomic E-state index is -0.239. The summed E-state index contributed by atoms with van der Waals surface area (Å²) in [4.78, 5) is 34.0. The molecule has 5 rings (SSSR count). The Bertz CT molecular complexity index is 1190. The van der Waals surface area contributed by atoms with Crippen molar-refractivity contribution in [1.29, 1.82) is 0 Å². The van der Waals surface area contributed by atoms with Gasteiger partial charge in [-0.05, 0) is 108 Å². The van der Waals surface area contributed by atoms with Gasteiger partial charge >= 0.3 is 6.09 Å². The van der Waals surface area contributed by atoms with Gasteiger partial charge in [-0.15, -0.1) is 0 Å². The fourth-order valence-electron chi connectivity index (χ4n) is 6.42. The molecule has 2 fully saturated rings. The third-order valence-corrected chi connectivity index (χ3v) is 9.69. The Morgan fingerprint density at radius 2 is 1.68 bits per heavy atom. The molecule has 1 aromatic carbocycles. The van der Waals surface area contributed by atoms with Gasteiger partial charge in [0.1, 0.15) is 0 Å². The van der Waals surface area contributed by atoms with Crippen LogP contribution in [0.4, 0.5) is 4.79 Å². The van der Waals surface area contributed by atoms with Crippen LogP contribution >= 0.6 is 43.5 Å². The van der Waals surface area contributed by atoms with Gasteiger partial charge in [0.05, 0.1) is 12.3 Å². The van der Waals surface area contributed by atoms with E-state index in [4.69, 9.17) is 21.3 Å². The number of piperidine rings is 2. The van der Waals surface area contributed by atoms with Gasteiger partial charge in [0.25, 0.3) is 0 Å². The van der Waals surface area contributed by atoms with Crippen molar-refractivity contribution in [1.82, 2.24) is 14.8 Å². The predicted molar refractivity (Wildman–Crippen MR) is 156 cm³/mol. The van der Waals surface area contributed by atoms with Crippen LogP contribution in [0.15, 0.2) is 33.3 Å². The number of nitrogens with zero attached hydrogens (tertiary/aromatic N) is 3. The maximum atomic E-state index is 13.2. The first-order chi connectivity index (χ1) is 18.3. The normalized spacial score (nSPS) is 20.5. The average molecular weight is 668 g/mol. The summed E-state index contributed by atoms with van der Waals surface area (Å²) in [6.45, 7) is 5.10. The monoisotopic (exact) mass is 665 g/mol. The number of fused-ring (bicyclic) bond motifs is 2. The van der Waals surface area contributed by atoms with E-state index >= 15 is 0 Å². The molecule has 0 unspecified atom stereocenters. The molecule has 1 aromatic heterocycles. The van der Waals surface area contributed by atoms with E-state index in [1.807, 2.05) is 19.2 Å². The minimum Gasteiger partial charge on any atom is -0.450 e. The van der Waals surface area contributed by atoms with Crippen molar-refractivity contribution < 1.29 is 14.3 Å². The molecule has 204 valence electrons. The van der Waals surface area contributed by atoms with E-state index in [9.17, 15) is 9.59 Å². The standard InChI is InChI=1S/C29H34Br2ClN3O3/c1-2-38-29(37)35-9-5-18(6-10-35)13-25(36)34-11-7-19(8-12-34)27-26-20(15-23(32)16-24(26)31)3-4-21-14-22(30)17-33-28(21)27/h14-19,27H,2-13H2,1H3/t27-/m1/s1. The molecule has 38 heavy (non-hydrogen) atoms. The van der Waals surface area contributed by atoms with Crippen molar-refractivity contribution in [3.05, 3.63) is 60.7 Å². The number of rotatable bonds is 4. The molecule has 1 atom stereocenters. The van der Waals surface area contributed by atoms with Gasteiger partial charge in [0, 0.05) is 58.7 Å². The van der Waals surface area contributed by atoms with E-state index in [1.165, 1.54) is 16.7 Å². The molecule has 3 aliphatic rings. The Balaban J connectivity index is 1.26. The maximum absolute atomic E-state index is 13.2. The Morgan fingerprint density at radius 3 is 2.39 bits per heavy atom. The Morgan fingerprint density at radius 1 is 1.00 bits per heavy atom. The number of likely N-dealkylation sites (tertiary alicyclic amines) is 2. The van der Waals surface area contributed by atoms with Crippen molar-refractivity contribution in [2.75, 3.05) is 32.8 Å². The number of carbonyl (C=O) groups is 2. The molecule has 2 aliphatic heterocycles. The molecule has 0 saturated carbocycles. The Kier molecular flexibility index (Phi) is 9.00. The van der Waals surface area contributed by atoms with Gasteiger partial charge < -0.3 is 14.5 Å². The summed E-state index contributed by atoms with van der Waals surface area (Å²) in [6.07, 6.45) is 7.71. The highest BCUT2D eigenvalue weighted by Gasteiger charge is 2.37. The summed E-state index contributed by atoms with van der Waals surface area (Å²) in [5.74, 6) is 1.14. The predicted octanol–water partition coefficient (Wildman–Crippen LogP) is 6.99. The molecule has 3 heterocycles. The molecule has 0 spiro atoms. The van der Waals surface area contributed by atoms with Crippen molar-refractivity contribution in [3.63, 3.8) is 0 Å². The number of benzene rings is 1. The maximum Gasteiger partial charge on any atom is 0.409 e. The number of hydrogen-bond donors (Lipinski definition) is 0. The van der Waals surface area contributed by atoms with Crippen LogP contribution < -0.4 is 0 Å². The second-order valence-corrected chi connectivity index (χ2v) is 12.9. The zero-order chi connectivity index (χ0) is 26.8. The second-order valence-electron chi connectivity index (χ2n) is 10.7. The SMILES string of the molecule is CCOC(=O)N1CCC(CC(=O)N2CCC([C@H]3c4ncc(Br)cc4CCc4cc(Cl)cc(Br)c43)CC2)CC1. The van der Waals surface area contributed by atoms with Gasteiger partial charge in [-0.1, -0.05) is 27.5 Å². The van der Waals surface area contributed by atoms with Crippen LogP contribution in [0.25, 0.3) is 0 Å². The number of aryl methyl sites for hydroxylation is 2. The van der Waals surface area contributed by atoms with E-state index in [0.717, 1.165) is 71.3 Å². The van der Waals surface area contributed by atoms with Crippen LogP contribution in [0.2, 0.25) is 5.02 Å². The van der Waals surface area contributed by atoms with Crippen molar-refractivity contribution in [2.24, 2.45) is 11.8 Å². The Labute approximate surface area is 246 Å². The lowest BCUT2D eigenvalue weighted by Gasteiger charge is -2.38. The second kappa shape index (κ2) is 12.3. The lowest BCUT2D eigenvalue weighted by atomic mass is 9.76. The highest BCUT2D eigenvalue weighted by atomic mass is 79.9. The van der Waals surface area contributed by atoms with Crippen LogP contribution in [0.1, 0.15) is 67.3 Å². The van der Waals surface area contributed by atoms with Crippen LogP contribution in [0, 0.1) is 11.8 Å². The number of halogens is 3. The Hall–Kier alpha value is -1.64. The number of carbonyl (C=O) groups excluding carboxylic acids is 2. The molecule has 9 heteroatoms. The zero-order valence-corrected chi connectivity index (χ0v) is 25.7. The summed E-state index contributed by atoms with van der Waals surface area (Å²) in [6, 6.07) is 6.33. The lowest BCUT2D eigenvalue weighted by Crippen LogP contribution is -2.43. The van der Waals surface area contributed by atoms with Crippen molar-refractivity contribution >= 4 is 55.5 Å². The van der Waals surface area contributed by atoms with E-state index in [2.05, 4.69) is 48.9 Å². The topological polar surface area (TPSA) is 62.7 Å². The summed E-state index contributed by atoms with van der Waals surface area (Å²) in [5, 5.41) is 0.753. The van der Waals surface area contributed by atoms with Crippen molar-refractivity contribution in [3.8, 4) is 0 Å². The van der Waals surface area contributed by atoms with E-state index in [-0.39, 0.29) is 17.9 Å². The third-order valence-electron chi connectivity index (χ3n) is 8.38. The van der Waals surface area contributed by atoms with Crippen LogP contribution in [-0.2, 0) is 22.4 Å². The summed E-state index contributed by atoms with van der Waals surface area (Å²) >= 11 is 13.9. The van der Waals surface area contributed by atoms with Gasteiger partial charge in [-0.2, -0.15) is 0 Å². The average Bonchev–Trinajstić information content (AvgIpc) is 3.06. The van der Waals surface area contributed by atoms with Crippen LogP contribution in [0.3, 0.4) is 0 Å². The molecular weight excluding hydrogens is 634 g/mol. The highest BCUT2D eigenvalue weighted by Crippen LogP contribution is 2.46. The number of pyridine rings is 1. The molecule has 0 N–H and O–H groups in total. The molecule has 1 aliphatic carbocycles. The zero-order valence-electron chi connectivity index (χ0n) is 21.7. The van der Waals surface area contributed by atoms with Crippen LogP contribution in [0.5, 0.6) is 0 Å². The van der Waals surface area contributed by atoms with Gasteiger partial charge in [-0.3, -0.25) is 9.78 Å². The van der Waals surface area contributed by atoms with Gasteiger partial charge in [0.15, 0.2) is 0 Å². The number of aromatic nitrogens is 1. The van der Waals surface area contributed by atoms with E-state index in [1.54, 1.807) is 4.90 Å².